The SMILES string of the molecule is CN(CC(=O)N(C1CCCCC1)[C@H]1CCS(=O)(=O)C1)C1CCCCC1. The lowest BCUT2D eigenvalue weighted by Gasteiger charge is -2.40. The molecular weight excluding hydrogens is 336 g/mol. The van der Waals surface area contributed by atoms with Gasteiger partial charge >= 0.3 is 0 Å². The van der Waals surface area contributed by atoms with E-state index in [1.807, 2.05) is 4.90 Å². The molecule has 2 aliphatic carbocycles. The zero-order chi connectivity index (χ0) is 17.9. The predicted molar refractivity (Wildman–Crippen MR) is 100 cm³/mol. The van der Waals surface area contributed by atoms with Gasteiger partial charge in [0.15, 0.2) is 9.84 Å². The topological polar surface area (TPSA) is 57.7 Å². The number of nitrogens with zero attached hydrogens (tertiary/aromatic N) is 2. The first-order valence-corrected chi connectivity index (χ1v) is 12.0. The summed E-state index contributed by atoms with van der Waals surface area (Å²) in [4.78, 5) is 17.4. The maximum Gasteiger partial charge on any atom is 0.237 e. The number of hydrogen-bond donors (Lipinski definition) is 0. The van der Waals surface area contributed by atoms with Gasteiger partial charge in [-0.2, -0.15) is 0 Å². The standard InChI is InChI=1S/C19H34N2O3S/c1-20(16-8-4-2-5-9-16)14-19(22)21(17-10-6-3-7-11-17)18-12-13-25(23,24)15-18/h16-18H,2-15H2,1H3/t18-/m0/s1. The van der Waals surface area contributed by atoms with E-state index in [0.29, 0.717) is 19.0 Å². The van der Waals surface area contributed by atoms with E-state index in [0.717, 1.165) is 25.7 Å². The summed E-state index contributed by atoms with van der Waals surface area (Å²) in [5.41, 5.74) is 0. The zero-order valence-corrected chi connectivity index (χ0v) is 16.5. The molecule has 0 aromatic carbocycles. The molecule has 0 unspecified atom stereocenters. The lowest BCUT2D eigenvalue weighted by atomic mass is 9.92. The van der Waals surface area contributed by atoms with Gasteiger partial charge in [-0.3, -0.25) is 9.69 Å². The van der Waals surface area contributed by atoms with E-state index in [-0.39, 0.29) is 29.5 Å². The molecule has 25 heavy (non-hydrogen) atoms. The molecule has 1 atom stereocenters. The van der Waals surface area contributed by atoms with Crippen LogP contribution in [0.25, 0.3) is 0 Å². The number of hydrogen-bond acceptors (Lipinski definition) is 4. The molecule has 3 rings (SSSR count). The molecule has 3 aliphatic rings. The minimum atomic E-state index is -2.97. The molecule has 5 nitrogen and oxygen atoms in total. The van der Waals surface area contributed by atoms with E-state index in [4.69, 9.17) is 0 Å². The van der Waals surface area contributed by atoms with Gasteiger partial charge in [-0.05, 0) is 39.2 Å². The molecular formula is C19H34N2O3S. The Hall–Kier alpha value is -0.620. The maximum atomic E-state index is 13.2. The van der Waals surface area contributed by atoms with Crippen molar-refractivity contribution in [2.45, 2.75) is 88.8 Å². The summed E-state index contributed by atoms with van der Waals surface area (Å²) in [7, 11) is -0.901. The molecule has 0 aromatic heterocycles. The normalized spacial score (nSPS) is 28.3. The van der Waals surface area contributed by atoms with E-state index >= 15 is 0 Å². The van der Waals surface area contributed by atoms with Crippen LogP contribution in [0.2, 0.25) is 0 Å². The number of rotatable bonds is 5. The molecule has 1 saturated heterocycles. The summed E-state index contributed by atoms with van der Waals surface area (Å²) in [6.07, 6.45) is 12.5. The molecule has 0 bridgehead atoms. The quantitative estimate of drug-likeness (QED) is 0.746. The third-order valence-corrected chi connectivity index (χ3v) is 8.19. The average Bonchev–Trinajstić information content (AvgIpc) is 2.96. The van der Waals surface area contributed by atoms with Crippen molar-refractivity contribution in [3.8, 4) is 0 Å². The Kier molecular flexibility index (Phi) is 6.42. The monoisotopic (exact) mass is 370 g/mol. The van der Waals surface area contributed by atoms with Crippen LogP contribution in [0.5, 0.6) is 0 Å². The van der Waals surface area contributed by atoms with E-state index < -0.39 is 9.84 Å². The number of carbonyl (C=O) groups excluding carboxylic acids is 1. The van der Waals surface area contributed by atoms with Crippen LogP contribution in [0.1, 0.15) is 70.6 Å². The van der Waals surface area contributed by atoms with E-state index in [1.165, 1.54) is 38.5 Å². The highest BCUT2D eigenvalue weighted by atomic mass is 32.2. The van der Waals surface area contributed by atoms with Crippen molar-refractivity contribution < 1.29 is 13.2 Å². The fraction of sp³-hybridized carbons (Fsp3) is 0.947. The minimum Gasteiger partial charge on any atom is -0.335 e. The molecule has 1 amide bonds. The van der Waals surface area contributed by atoms with E-state index in [1.54, 1.807) is 0 Å². The van der Waals surface area contributed by atoms with E-state index in [9.17, 15) is 13.2 Å². The minimum absolute atomic E-state index is 0.0969. The van der Waals surface area contributed by atoms with Crippen molar-refractivity contribution in [2.24, 2.45) is 0 Å². The third kappa shape index (κ3) is 4.97. The summed E-state index contributed by atoms with van der Waals surface area (Å²) in [5, 5.41) is 0. The molecule has 0 spiro atoms. The van der Waals surface area contributed by atoms with Gasteiger partial charge in [0, 0.05) is 18.1 Å². The maximum absolute atomic E-state index is 13.2. The van der Waals surface area contributed by atoms with Crippen LogP contribution >= 0.6 is 0 Å². The highest BCUT2D eigenvalue weighted by molar-refractivity contribution is 7.91. The second-order valence-electron chi connectivity index (χ2n) is 8.36. The summed E-state index contributed by atoms with van der Waals surface area (Å²) in [6, 6.07) is 0.665. The van der Waals surface area contributed by atoms with Gasteiger partial charge in [0.25, 0.3) is 0 Å². The smallest absolute Gasteiger partial charge is 0.237 e. The fourth-order valence-electron chi connectivity index (χ4n) is 5.01. The largest absolute Gasteiger partial charge is 0.335 e. The first kappa shape index (κ1) is 19.2. The zero-order valence-electron chi connectivity index (χ0n) is 15.7. The van der Waals surface area contributed by atoms with Crippen molar-refractivity contribution in [1.82, 2.24) is 9.80 Å². The molecule has 0 aromatic rings. The Labute approximate surface area is 153 Å². The van der Waals surface area contributed by atoms with Crippen molar-refractivity contribution >= 4 is 15.7 Å². The predicted octanol–water partition coefficient (Wildman–Crippen LogP) is 2.60. The number of amides is 1. The van der Waals surface area contributed by atoms with Crippen molar-refractivity contribution in [1.29, 1.82) is 0 Å². The Balaban J connectivity index is 1.68. The molecule has 0 radical (unpaired) electrons. The van der Waals surface area contributed by atoms with Crippen LogP contribution < -0.4 is 0 Å². The van der Waals surface area contributed by atoms with Gasteiger partial charge in [0.2, 0.25) is 5.91 Å². The Morgan fingerprint density at radius 1 is 0.840 bits per heavy atom. The Morgan fingerprint density at radius 3 is 1.92 bits per heavy atom. The van der Waals surface area contributed by atoms with Gasteiger partial charge in [-0.1, -0.05) is 38.5 Å². The third-order valence-electron chi connectivity index (χ3n) is 6.44. The number of carbonyl (C=O) groups is 1. The molecule has 6 heteroatoms. The van der Waals surface area contributed by atoms with Crippen molar-refractivity contribution in [3.05, 3.63) is 0 Å². The number of sulfone groups is 1. The Bertz CT molecular complexity index is 551. The van der Waals surface area contributed by atoms with Gasteiger partial charge in [0.05, 0.1) is 18.1 Å². The molecule has 2 saturated carbocycles. The van der Waals surface area contributed by atoms with Crippen LogP contribution in [-0.2, 0) is 14.6 Å². The van der Waals surface area contributed by atoms with Gasteiger partial charge in [-0.25, -0.2) is 8.42 Å². The van der Waals surface area contributed by atoms with Crippen LogP contribution in [-0.4, -0.2) is 67.3 Å². The van der Waals surface area contributed by atoms with Crippen molar-refractivity contribution in [3.63, 3.8) is 0 Å². The molecule has 1 aliphatic heterocycles. The van der Waals surface area contributed by atoms with E-state index in [2.05, 4.69) is 11.9 Å². The number of likely N-dealkylation sites (N-methyl/N-ethyl adjacent to an activating group) is 1. The summed E-state index contributed by atoms with van der Waals surface area (Å²) in [5.74, 6) is 0.566. The van der Waals surface area contributed by atoms with Gasteiger partial charge in [0.1, 0.15) is 0 Å². The second kappa shape index (κ2) is 8.38. The summed E-state index contributed by atoms with van der Waals surface area (Å²) >= 11 is 0. The van der Waals surface area contributed by atoms with Crippen molar-refractivity contribution in [2.75, 3.05) is 25.1 Å². The Morgan fingerprint density at radius 2 is 1.40 bits per heavy atom. The summed E-state index contributed by atoms with van der Waals surface area (Å²) < 4.78 is 23.9. The molecule has 1 heterocycles. The average molecular weight is 371 g/mol. The second-order valence-corrected chi connectivity index (χ2v) is 10.6. The van der Waals surface area contributed by atoms with Gasteiger partial charge in [-0.15, -0.1) is 0 Å². The van der Waals surface area contributed by atoms with Gasteiger partial charge < -0.3 is 4.90 Å². The molecule has 144 valence electrons. The lowest BCUT2D eigenvalue weighted by molar-refractivity contribution is -0.138. The molecule has 0 N–H and O–H groups in total. The lowest BCUT2D eigenvalue weighted by Crippen LogP contribution is -2.52. The van der Waals surface area contributed by atoms with Crippen LogP contribution in [0.15, 0.2) is 0 Å². The summed E-state index contributed by atoms with van der Waals surface area (Å²) in [6.45, 7) is 0.442. The molecule has 3 fully saturated rings. The first-order valence-electron chi connectivity index (χ1n) is 10.2. The van der Waals surface area contributed by atoms with Crippen LogP contribution in [0, 0.1) is 0 Å². The highest BCUT2D eigenvalue weighted by Gasteiger charge is 2.39. The van der Waals surface area contributed by atoms with Crippen LogP contribution in [0.4, 0.5) is 0 Å². The first-order chi connectivity index (χ1) is 12.0. The van der Waals surface area contributed by atoms with Crippen LogP contribution in [0.3, 0.4) is 0 Å². The highest BCUT2D eigenvalue weighted by Crippen LogP contribution is 2.29. The fourth-order valence-corrected chi connectivity index (χ4v) is 6.72.